The number of nitrogens with zero attached hydrogens (tertiary/aromatic N) is 1. The molecule has 1 N–H and O–H groups in total. The highest BCUT2D eigenvalue weighted by Crippen LogP contribution is 2.47. The Hall–Kier alpha value is -1.04. The van der Waals surface area contributed by atoms with Crippen LogP contribution in [0.5, 0.6) is 0 Å². The van der Waals surface area contributed by atoms with Crippen LogP contribution in [0.3, 0.4) is 0 Å². The molecule has 1 aromatic carbocycles. The van der Waals surface area contributed by atoms with E-state index in [9.17, 15) is 13.7 Å². The summed E-state index contributed by atoms with van der Waals surface area (Å²) in [5.41, 5.74) is 0.206. The Balaban J connectivity index is 2.86. The summed E-state index contributed by atoms with van der Waals surface area (Å²) in [4.78, 5) is 12.6. The second-order valence-electron chi connectivity index (χ2n) is 4.24. The number of aromatic nitrogens is 1. The van der Waals surface area contributed by atoms with E-state index in [1.807, 2.05) is 0 Å². The molecule has 0 radical (unpaired) electrons. The fourth-order valence-corrected chi connectivity index (χ4v) is 3.16. The van der Waals surface area contributed by atoms with Crippen molar-refractivity contribution >= 4 is 32.8 Å². The Labute approximate surface area is 110 Å². The number of hydrogen-bond donors (Lipinski definition) is 1. The molecule has 2 rings (SSSR count). The van der Waals surface area contributed by atoms with E-state index in [0.717, 1.165) is 0 Å². The first-order valence-electron chi connectivity index (χ1n) is 5.20. The minimum absolute atomic E-state index is 0.00502. The monoisotopic (exact) mass is 289 g/mol. The maximum absolute atomic E-state index is 13.2. The van der Waals surface area contributed by atoms with Gasteiger partial charge in [-0.3, -0.25) is 4.79 Å². The minimum atomic E-state index is -2.31. The van der Waals surface area contributed by atoms with E-state index in [0.29, 0.717) is 15.8 Å². The van der Waals surface area contributed by atoms with E-state index < -0.39 is 16.1 Å². The summed E-state index contributed by atoms with van der Waals surface area (Å²) in [6.45, 7) is 0. The van der Waals surface area contributed by atoms with Gasteiger partial charge in [-0.25, -0.2) is 4.39 Å². The number of fused-ring (bicyclic) bond motifs is 1. The van der Waals surface area contributed by atoms with Crippen molar-refractivity contribution in [2.24, 2.45) is 7.05 Å². The van der Waals surface area contributed by atoms with E-state index in [1.54, 1.807) is 17.9 Å². The number of halogens is 2. The van der Waals surface area contributed by atoms with E-state index in [4.69, 9.17) is 11.6 Å². The molecule has 18 heavy (non-hydrogen) atoms. The Morgan fingerprint density at radius 2 is 2.17 bits per heavy atom. The minimum Gasteiger partial charge on any atom is -0.349 e. The van der Waals surface area contributed by atoms with Gasteiger partial charge in [0.2, 0.25) is 5.43 Å². The van der Waals surface area contributed by atoms with Gasteiger partial charge < -0.3 is 9.12 Å². The predicted molar refractivity (Wildman–Crippen MR) is 74.3 cm³/mol. The molecular weight excluding hydrogens is 277 g/mol. The van der Waals surface area contributed by atoms with Crippen molar-refractivity contribution in [1.82, 2.24) is 4.57 Å². The maximum Gasteiger partial charge on any atom is 0.203 e. The summed E-state index contributed by atoms with van der Waals surface area (Å²) in [6, 6.07) is 3.96. The zero-order chi connectivity index (χ0) is 13.5. The summed E-state index contributed by atoms with van der Waals surface area (Å²) in [5, 5.41) is 0.379. The topological polar surface area (TPSA) is 42.2 Å². The number of benzene rings is 1. The van der Waals surface area contributed by atoms with E-state index in [-0.39, 0.29) is 10.6 Å². The average Bonchev–Trinajstić information content (AvgIpc) is 2.33. The third kappa shape index (κ3) is 2.13. The van der Waals surface area contributed by atoms with Crippen LogP contribution in [-0.2, 0) is 7.05 Å². The summed E-state index contributed by atoms with van der Waals surface area (Å²) in [6.07, 6.45) is 3.09. The lowest BCUT2D eigenvalue weighted by atomic mass is 10.2. The molecule has 98 valence electrons. The van der Waals surface area contributed by atoms with Gasteiger partial charge >= 0.3 is 0 Å². The molecule has 0 aliphatic rings. The van der Waals surface area contributed by atoms with Gasteiger partial charge in [0.25, 0.3) is 0 Å². The standard InChI is InChI=1S/C12H13ClFNO2S/c1-15-6-11(18(2,17)7-13)12(16)9-4-3-8(14)5-10(9)15/h3-6,17H,7H2,1-2H3. The van der Waals surface area contributed by atoms with Crippen LogP contribution in [0.25, 0.3) is 10.9 Å². The quantitative estimate of drug-likeness (QED) is 0.863. The third-order valence-corrected chi connectivity index (χ3v) is 5.74. The van der Waals surface area contributed by atoms with Crippen LogP contribution >= 0.6 is 21.9 Å². The fraction of sp³-hybridized carbons (Fsp3) is 0.250. The van der Waals surface area contributed by atoms with Gasteiger partial charge in [-0.1, -0.05) is 10.3 Å². The van der Waals surface area contributed by atoms with Gasteiger partial charge in [0, 0.05) is 18.6 Å². The smallest absolute Gasteiger partial charge is 0.203 e. The van der Waals surface area contributed by atoms with Gasteiger partial charge in [0.15, 0.2) is 0 Å². The summed E-state index contributed by atoms with van der Waals surface area (Å²) in [7, 11) is -0.612. The highest BCUT2D eigenvalue weighted by Gasteiger charge is 2.21. The van der Waals surface area contributed by atoms with Crippen LogP contribution in [0, 0.1) is 5.82 Å². The molecule has 0 amide bonds. The maximum atomic E-state index is 13.2. The lowest BCUT2D eigenvalue weighted by molar-refractivity contribution is 0.628. The summed E-state index contributed by atoms with van der Waals surface area (Å²) < 4.78 is 25.0. The zero-order valence-electron chi connectivity index (χ0n) is 9.98. The molecule has 1 aromatic heterocycles. The molecule has 1 unspecified atom stereocenters. The number of alkyl halides is 1. The zero-order valence-corrected chi connectivity index (χ0v) is 11.6. The van der Waals surface area contributed by atoms with Crippen molar-refractivity contribution in [3.8, 4) is 0 Å². The largest absolute Gasteiger partial charge is 0.349 e. The first-order chi connectivity index (χ1) is 8.36. The lowest BCUT2D eigenvalue weighted by Crippen LogP contribution is -2.16. The van der Waals surface area contributed by atoms with Crippen molar-refractivity contribution in [1.29, 1.82) is 0 Å². The number of pyridine rings is 1. The molecule has 0 aliphatic carbocycles. The molecule has 3 nitrogen and oxygen atoms in total. The molecule has 0 saturated heterocycles. The van der Waals surface area contributed by atoms with Crippen molar-refractivity contribution in [2.75, 3.05) is 11.5 Å². The first-order valence-corrected chi connectivity index (χ1v) is 7.90. The normalized spacial score (nSPS) is 16.5. The molecule has 0 aliphatic heterocycles. The number of aryl methyl sites for hydroxylation is 1. The predicted octanol–water partition coefficient (Wildman–Crippen LogP) is 3.14. The highest BCUT2D eigenvalue weighted by atomic mass is 35.5. The van der Waals surface area contributed by atoms with Crippen LogP contribution in [0.4, 0.5) is 4.39 Å². The van der Waals surface area contributed by atoms with Crippen LogP contribution < -0.4 is 5.43 Å². The SMILES string of the molecule is Cn1cc(S(C)(O)CCl)c(=O)c2ccc(F)cc21. The van der Waals surface area contributed by atoms with Gasteiger partial charge in [-0.05, 0) is 24.5 Å². The van der Waals surface area contributed by atoms with E-state index in [1.165, 1.54) is 24.4 Å². The molecule has 1 atom stereocenters. The first kappa shape index (κ1) is 13.4. The van der Waals surface area contributed by atoms with Gasteiger partial charge in [0.1, 0.15) is 5.82 Å². The molecule has 6 heteroatoms. The van der Waals surface area contributed by atoms with Crippen LogP contribution in [-0.4, -0.2) is 20.6 Å². The van der Waals surface area contributed by atoms with Gasteiger partial charge in [-0.15, -0.1) is 11.6 Å². The van der Waals surface area contributed by atoms with Gasteiger partial charge in [-0.2, -0.15) is 0 Å². The van der Waals surface area contributed by atoms with Crippen molar-refractivity contribution in [2.45, 2.75) is 4.90 Å². The highest BCUT2D eigenvalue weighted by molar-refractivity contribution is 8.29. The summed E-state index contributed by atoms with van der Waals surface area (Å²) >= 11 is 5.71. The van der Waals surface area contributed by atoms with E-state index >= 15 is 0 Å². The van der Waals surface area contributed by atoms with Crippen molar-refractivity contribution < 1.29 is 8.94 Å². The van der Waals surface area contributed by atoms with Crippen molar-refractivity contribution in [3.05, 3.63) is 40.4 Å². The van der Waals surface area contributed by atoms with Crippen LogP contribution in [0.1, 0.15) is 0 Å². The molecule has 2 aromatic rings. The van der Waals surface area contributed by atoms with Crippen LogP contribution in [0.2, 0.25) is 0 Å². The second-order valence-corrected chi connectivity index (χ2v) is 7.64. The molecule has 0 bridgehead atoms. The average molecular weight is 290 g/mol. The summed E-state index contributed by atoms with van der Waals surface area (Å²) in [5.74, 6) is -0.401. The van der Waals surface area contributed by atoms with E-state index in [2.05, 4.69) is 0 Å². The molecule has 0 saturated carbocycles. The van der Waals surface area contributed by atoms with Crippen molar-refractivity contribution in [3.63, 3.8) is 0 Å². The Morgan fingerprint density at radius 3 is 2.78 bits per heavy atom. The molecule has 0 fully saturated rings. The second kappa shape index (κ2) is 4.57. The fourth-order valence-electron chi connectivity index (χ4n) is 1.80. The number of rotatable bonds is 2. The van der Waals surface area contributed by atoms with Crippen LogP contribution in [0.15, 0.2) is 34.1 Å². The Morgan fingerprint density at radius 1 is 1.50 bits per heavy atom. The molecule has 0 spiro atoms. The third-order valence-electron chi connectivity index (χ3n) is 2.81. The Bertz CT molecular complexity index is 669. The number of hydrogen-bond acceptors (Lipinski definition) is 2. The lowest BCUT2D eigenvalue weighted by Gasteiger charge is -2.26. The molecular formula is C12H13ClFNO2S. The van der Waals surface area contributed by atoms with Gasteiger partial charge in [0.05, 0.1) is 15.6 Å². The molecule has 1 heterocycles. The Kier molecular flexibility index (Phi) is 3.40.